The number of rotatable bonds is 24. The molecule has 2 aliphatic rings. The summed E-state index contributed by atoms with van der Waals surface area (Å²) in [5, 5.41) is 128. The van der Waals surface area contributed by atoms with Crippen molar-refractivity contribution in [3.63, 3.8) is 0 Å². The maximum absolute atomic E-state index is 15.8. The molecule has 1 aliphatic heterocycles. The molecule has 30 nitrogen and oxygen atoms in total. The second kappa shape index (κ2) is 37.3. The fourth-order valence-electron chi connectivity index (χ4n) is 8.69. The number of benzene rings is 2. The van der Waals surface area contributed by atoms with Crippen molar-refractivity contribution in [1.29, 1.82) is 0 Å². The monoisotopic (exact) mass is 2280 g/mol. The van der Waals surface area contributed by atoms with Crippen LogP contribution in [0.4, 0.5) is 11.4 Å². The number of nitrogens with zero attached hydrogens (tertiary/aromatic N) is 6. The third kappa shape index (κ3) is 19.5. The number of aliphatic hydroxyl groups excluding tert-OH is 12. The van der Waals surface area contributed by atoms with Crippen LogP contribution in [0.25, 0.3) is 0 Å². The van der Waals surface area contributed by atoms with Crippen LogP contribution >= 0.6 is 203 Å². The highest BCUT2D eigenvalue weighted by atomic mass is 127. The van der Waals surface area contributed by atoms with E-state index < -0.39 is 152 Å². The molecule has 8 unspecified atom stereocenters. The Labute approximate surface area is 637 Å². The molecule has 1 saturated heterocycles. The number of halogens is 9. The molecule has 1 fully saturated rings. The second-order valence-electron chi connectivity index (χ2n) is 20.0. The first-order valence-electron chi connectivity index (χ1n) is 26.3. The number of amides is 9. The van der Waals surface area contributed by atoms with Gasteiger partial charge in [-0.3, -0.25) is 43.2 Å². The number of likely N-dealkylation sites (N-methyl/N-ethyl adjacent to an activating group) is 3. The highest BCUT2D eigenvalue weighted by Gasteiger charge is 2.45. The molecule has 9 amide bonds. The molecule has 4 rings (SSSR count). The molecule has 0 aromatic heterocycles. The summed E-state index contributed by atoms with van der Waals surface area (Å²) in [7, 11) is 3.94. The Bertz CT molecular complexity index is 3030. The smallest absolute Gasteiger partial charge is 0.256 e. The third-order valence-corrected chi connectivity index (χ3v) is 23.8. The molecule has 0 radical (unpaired) electrons. The van der Waals surface area contributed by atoms with Crippen LogP contribution in [0.5, 0.6) is 0 Å². The first-order chi connectivity index (χ1) is 42.1. The highest BCUT2D eigenvalue weighted by Crippen LogP contribution is 2.46. The summed E-state index contributed by atoms with van der Waals surface area (Å²) in [6.45, 7) is -8.73. The maximum atomic E-state index is 15.8. The number of anilines is 2. The zero-order valence-corrected chi connectivity index (χ0v) is 66.8. The van der Waals surface area contributed by atoms with E-state index in [1.165, 1.54) is 35.8 Å². The summed E-state index contributed by atoms with van der Waals surface area (Å²) in [6.07, 6.45) is -10.1. The molecule has 8 atom stereocenters. The van der Waals surface area contributed by atoms with Gasteiger partial charge in [-0.2, -0.15) is 0 Å². The highest BCUT2D eigenvalue weighted by molar-refractivity contribution is 14.1. The minimum absolute atomic E-state index is 0.00178. The minimum Gasteiger partial charge on any atom is -0.394 e. The number of carbonyl (C=O) groups excluding carboxylic acids is 9. The lowest BCUT2D eigenvalue weighted by molar-refractivity contribution is -0.134. The topological polar surface area (TPSA) is 452 Å². The van der Waals surface area contributed by atoms with E-state index in [9.17, 15) is 90.0 Å². The first kappa shape index (κ1) is 81.7. The molecule has 90 heavy (non-hydrogen) atoms. The van der Waals surface area contributed by atoms with Gasteiger partial charge in [0.05, 0.1) is 121 Å². The molecule has 1 aliphatic carbocycles. The quantitative estimate of drug-likeness (QED) is 0.0408. The Morgan fingerprint density at radius 3 is 1.07 bits per heavy atom. The van der Waals surface area contributed by atoms with E-state index in [2.05, 4.69) is 16.0 Å². The average molecular weight is 2280 g/mol. The molecule has 15 N–H and O–H groups in total. The van der Waals surface area contributed by atoms with Crippen LogP contribution in [-0.2, 0) is 24.0 Å². The average Bonchev–Trinajstić information content (AvgIpc) is 0.871. The Balaban J connectivity index is 2.11. The van der Waals surface area contributed by atoms with E-state index >= 15 is 14.4 Å². The number of aliphatic hydroxyl groups is 12. The number of hydrogen-bond donors (Lipinski definition) is 15. The van der Waals surface area contributed by atoms with Crippen LogP contribution in [0.2, 0.25) is 0 Å². The van der Waals surface area contributed by atoms with Crippen LogP contribution < -0.4 is 16.0 Å². The standard InChI is InChI=1S/C51H62I9N9O21/c1-64(10-19(76)13-70)46(85)25-31(52)28(37(58)40(34(25)55)61-43(82)22(79)16-73)49(88)67-4-6-68(50(89)29-32(53)26(47(86)65(2)11-20(77)14-71)35(56)41(38(29)59)62-44(83)23(80)17-74)8-9-69(7-5-67)51(90)30-33(54)27(48(87)66(3)12-21(78)15-72)36(57)42(39(30)60)63-45(84)24(81)18-75/h19-25,31,70-81H,4-18H2,1-3H3,(H,61,82)(H,62,83)(H,63,84). The van der Waals surface area contributed by atoms with Gasteiger partial charge in [-0.25, -0.2) is 0 Å². The SMILES string of the molecule is CN(CC(O)CO)C(=O)c1c(I)c(NC(=O)C(O)CO)c(I)c(C(=O)N2CCN(C(=O)C3=C(I)C(NC(=O)C(O)CO)=C(I)C(C(=O)N(C)CC(O)CO)C3I)CCN(C(=O)c3c(I)c(NC(=O)C(O)CO)c(I)c(C(=O)N(C)CC(O)CO)c3I)CC2)c1I. The summed E-state index contributed by atoms with van der Waals surface area (Å²) in [4.78, 5) is 137. The van der Waals surface area contributed by atoms with Crippen molar-refractivity contribution < 1.29 is 104 Å². The van der Waals surface area contributed by atoms with Gasteiger partial charge in [0.15, 0.2) is 18.3 Å². The predicted octanol–water partition coefficient (Wildman–Crippen LogP) is -1.78. The van der Waals surface area contributed by atoms with Gasteiger partial charge in [0, 0.05) is 99.9 Å². The zero-order valence-electron chi connectivity index (χ0n) is 47.4. The summed E-state index contributed by atoms with van der Waals surface area (Å²) < 4.78 is -0.821. The van der Waals surface area contributed by atoms with Gasteiger partial charge in [-0.15, -0.1) is 0 Å². The van der Waals surface area contributed by atoms with Crippen LogP contribution in [0.3, 0.4) is 0 Å². The summed E-state index contributed by atoms with van der Waals surface area (Å²) >= 11 is 15.9. The van der Waals surface area contributed by atoms with Crippen molar-refractivity contribution in [1.82, 2.24) is 34.7 Å². The second-order valence-corrected chi connectivity index (χ2v) is 30.1. The van der Waals surface area contributed by atoms with Gasteiger partial charge in [0.25, 0.3) is 47.3 Å². The lowest BCUT2D eigenvalue weighted by Crippen LogP contribution is -2.48. The van der Waals surface area contributed by atoms with E-state index in [0.29, 0.717) is 0 Å². The van der Waals surface area contributed by atoms with Crippen LogP contribution in [0.1, 0.15) is 41.4 Å². The molecular formula is C51H62I9N9O21. The van der Waals surface area contributed by atoms with Gasteiger partial charge >= 0.3 is 0 Å². The summed E-state index contributed by atoms with van der Waals surface area (Å²) in [6, 6.07) is 0. The van der Waals surface area contributed by atoms with E-state index in [4.69, 9.17) is 0 Å². The van der Waals surface area contributed by atoms with E-state index in [-0.39, 0.29) is 119 Å². The first-order valence-corrected chi connectivity index (χ1v) is 36.2. The molecule has 1 heterocycles. The molecule has 2 aromatic carbocycles. The lowest BCUT2D eigenvalue weighted by atomic mass is 9.90. The van der Waals surface area contributed by atoms with Crippen LogP contribution in [0.15, 0.2) is 18.4 Å². The Morgan fingerprint density at radius 2 is 0.744 bits per heavy atom. The largest absolute Gasteiger partial charge is 0.394 e. The zero-order chi connectivity index (χ0) is 68.2. The van der Waals surface area contributed by atoms with Gasteiger partial charge < -0.3 is 107 Å². The molecule has 0 saturated carbocycles. The van der Waals surface area contributed by atoms with Gasteiger partial charge in [0.2, 0.25) is 5.91 Å². The summed E-state index contributed by atoms with van der Waals surface area (Å²) in [5.41, 5.74) is -1.42. The number of hydrogen-bond acceptors (Lipinski definition) is 21. The van der Waals surface area contributed by atoms with Crippen molar-refractivity contribution in [3.8, 4) is 0 Å². The van der Waals surface area contributed by atoms with Crippen LogP contribution in [-0.4, -0.2) is 304 Å². The molecule has 39 heteroatoms. The van der Waals surface area contributed by atoms with Crippen LogP contribution in [0, 0.1) is 27.3 Å². The van der Waals surface area contributed by atoms with Crippen molar-refractivity contribution in [2.75, 3.05) is 130 Å². The molecule has 2 aromatic rings. The fourth-order valence-corrected chi connectivity index (χ4v) is 22.5. The maximum Gasteiger partial charge on any atom is 0.256 e. The molecule has 500 valence electrons. The Hall–Kier alpha value is -0.760. The Kier molecular flexibility index (Phi) is 33.8. The van der Waals surface area contributed by atoms with E-state index in [1.54, 1.807) is 181 Å². The number of allylic oxidation sites excluding steroid dienone is 1. The third-order valence-electron chi connectivity index (χ3n) is 13.6. The number of nitrogens with one attached hydrogen (secondary N) is 3. The van der Waals surface area contributed by atoms with Crippen molar-refractivity contribution >= 4 is 268 Å². The fraction of sp³-hybridized carbons (Fsp3) is 0.510. The lowest BCUT2D eigenvalue weighted by Gasteiger charge is -2.36. The van der Waals surface area contributed by atoms with Gasteiger partial charge in [0.1, 0.15) is 0 Å². The van der Waals surface area contributed by atoms with Gasteiger partial charge in [-0.05, 0) is 181 Å². The minimum atomic E-state index is -1.98. The van der Waals surface area contributed by atoms with Crippen molar-refractivity contribution in [3.05, 3.63) is 62.1 Å². The van der Waals surface area contributed by atoms with Crippen molar-refractivity contribution in [2.45, 2.75) is 40.5 Å². The van der Waals surface area contributed by atoms with Crippen molar-refractivity contribution in [2.24, 2.45) is 5.92 Å². The normalized spacial score (nSPS) is 17.7. The van der Waals surface area contributed by atoms with E-state index in [0.717, 1.165) is 14.7 Å². The molecule has 0 bridgehead atoms. The summed E-state index contributed by atoms with van der Waals surface area (Å²) in [5.74, 6) is -9.58. The number of carbonyl (C=O) groups is 9. The predicted molar refractivity (Wildman–Crippen MR) is 396 cm³/mol. The molecular weight excluding hydrogens is 2220 g/mol. The van der Waals surface area contributed by atoms with E-state index in [1.807, 2.05) is 22.6 Å². The molecule has 0 spiro atoms. The number of alkyl halides is 1. The Morgan fingerprint density at radius 1 is 0.444 bits per heavy atom. The van der Waals surface area contributed by atoms with Gasteiger partial charge in [-0.1, -0.05) is 22.6 Å².